The number of carbonyl (C=O) groups excluding carboxylic acids is 2. The largest absolute Gasteiger partial charge is 0.468 e. The third kappa shape index (κ3) is 4.31. The van der Waals surface area contributed by atoms with Gasteiger partial charge in [0.05, 0.1) is 11.3 Å². The van der Waals surface area contributed by atoms with Crippen molar-refractivity contribution in [3.63, 3.8) is 0 Å². The highest BCUT2D eigenvalue weighted by molar-refractivity contribution is 6.32. The van der Waals surface area contributed by atoms with Crippen molar-refractivity contribution in [2.24, 2.45) is 11.3 Å². The highest BCUT2D eigenvalue weighted by Gasteiger charge is 2.41. The SMILES string of the molecule is C[C@@H]1CCCN(CCNc2cc3c(c4c2C(=O)c2ccccc2C4=O)[NH+]=C2C=CC(C(C)(C)C)=CC2O3)C1. The summed E-state index contributed by atoms with van der Waals surface area (Å²) in [6, 6.07) is 9.00. The average molecular weight is 511 g/mol. The van der Waals surface area contributed by atoms with Gasteiger partial charge in [0.25, 0.3) is 5.69 Å². The first kappa shape index (κ1) is 24.8. The number of allylic oxidation sites excluding steroid dienone is 2. The van der Waals surface area contributed by atoms with E-state index in [0.29, 0.717) is 51.8 Å². The Morgan fingerprint density at radius 2 is 1.82 bits per heavy atom. The van der Waals surface area contributed by atoms with Crippen molar-refractivity contribution in [1.82, 2.24) is 4.90 Å². The number of ether oxygens (including phenoxy) is 1. The molecule has 2 aliphatic carbocycles. The standard InChI is InChI=1S/C32H35N3O3/c1-19-8-7-14-35(18-19)15-13-33-24-17-26-29(34-23-12-11-20(32(2,3)4)16-25(23)38-26)28-27(24)30(36)21-9-5-6-10-22(21)31(28)37/h5-6,9-12,16-17,19,25,33H,7-8,13-15,18H2,1-4H3/p+1/t19-,25?/m1/s1. The Kier molecular flexibility index (Phi) is 6.10. The quantitative estimate of drug-likeness (QED) is 0.554. The van der Waals surface area contributed by atoms with Gasteiger partial charge in [0.15, 0.2) is 11.5 Å². The van der Waals surface area contributed by atoms with Crippen molar-refractivity contribution in [1.29, 1.82) is 0 Å². The van der Waals surface area contributed by atoms with Crippen molar-refractivity contribution in [2.75, 3.05) is 31.5 Å². The molecular formula is C32H36N3O3+. The van der Waals surface area contributed by atoms with Crippen LogP contribution >= 0.6 is 0 Å². The Labute approximate surface area is 224 Å². The molecule has 1 saturated heterocycles. The molecule has 0 saturated carbocycles. The van der Waals surface area contributed by atoms with Gasteiger partial charge in [0.2, 0.25) is 17.6 Å². The van der Waals surface area contributed by atoms with Crippen LogP contribution in [0, 0.1) is 11.3 Å². The number of likely N-dealkylation sites (tertiary alicyclic amines) is 1. The highest BCUT2D eigenvalue weighted by Crippen LogP contribution is 2.42. The van der Waals surface area contributed by atoms with Crippen LogP contribution < -0.4 is 15.0 Å². The van der Waals surface area contributed by atoms with Crippen molar-refractivity contribution in [2.45, 2.75) is 46.6 Å². The highest BCUT2D eigenvalue weighted by atomic mass is 16.5. The normalized spacial score (nSPS) is 22.4. The summed E-state index contributed by atoms with van der Waals surface area (Å²) in [6.45, 7) is 12.6. The minimum atomic E-state index is -0.274. The molecule has 2 atom stereocenters. The number of carbonyl (C=O) groups is 2. The van der Waals surface area contributed by atoms with Crippen LogP contribution in [0.4, 0.5) is 11.4 Å². The van der Waals surface area contributed by atoms with Crippen molar-refractivity contribution in [3.8, 4) is 5.75 Å². The fourth-order valence-corrected chi connectivity index (χ4v) is 6.04. The number of piperidine rings is 1. The van der Waals surface area contributed by atoms with E-state index in [1.54, 1.807) is 18.2 Å². The van der Waals surface area contributed by atoms with Gasteiger partial charge in [0, 0.05) is 42.9 Å². The zero-order valence-electron chi connectivity index (χ0n) is 22.7. The topological polar surface area (TPSA) is 72.6 Å². The molecule has 1 unspecified atom stereocenters. The van der Waals surface area contributed by atoms with E-state index in [1.807, 2.05) is 18.2 Å². The average Bonchev–Trinajstić information content (AvgIpc) is 2.89. The molecule has 2 N–H and O–H groups in total. The molecule has 196 valence electrons. The molecule has 0 aromatic heterocycles. The summed E-state index contributed by atoms with van der Waals surface area (Å²) < 4.78 is 6.51. The van der Waals surface area contributed by atoms with Gasteiger partial charge in [0.1, 0.15) is 5.56 Å². The Morgan fingerprint density at radius 3 is 2.53 bits per heavy atom. The van der Waals surface area contributed by atoms with Crippen LogP contribution in [0.15, 0.2) is 54.1 Å². The smallest absolute Gasteiger partial charge is 0.258 e. The van der Waals surface area contributed by atoms with E-state index in [4.69, 9.17) is 4.74 Å². The van der Waals surface area contributed by atoms with E-state index >= 15 is 0 Å². The lowest BCUT2D eigenvalue weighted by atomic mass is 9.81. The Balaban J connectivity index is 1.40. The number of benzene rings is 2. The molecule has 6 rings (SSSR count). The van der Waals surface area contributed by atoms with Crippen molar-refractivity contribution >= 4 is 28.7 Å². The number of fused-ring (bicyclic) bond motifs is 5. The number of nitrogens with one attached hydrogen (secondary N) is 2. The summed E-state index contributed by atoms with van der Waals surface area (Å²) in [5, 5.41) is 3.51. The molecule has 0 spiro atoms. The molecule has 0 amide bonds. The molecule has 0 radical (unpaired) electrons. The lowest BCUT2D eigenvalue weighted by Gasteiger charge is -2.31. The van der Waals surface area contributed by atoms with Gasteiger partial charge in [-0.05, 0) is 42.4 Å². The van der Waals surface area contributed by atoms with Gasteiger partial charge >= 0.3 is 0 Å². The Bertz CT molecular complexity index is 1430. The number of hydrogen-bond acceptors (Lipinski definition) is 5. The van der Waals surface area contributed by atoms with E-state index < -0.39 is 0 Å². The molecule has 2 heterocycles. The fraction of sp³-hybridized carbons (Fsp3) is 0.406. The second-order valence-electron chi connectivity index (χ2n) is 12.1. The van der Waals surface area contributed by atoms with E-state index in [-0.39, 0.29) is 23.1 Å². The summed E-state index contributed by atoms with van der Waals surface area (Å²) >= 11 is 0. The lowest BCUT2D eigenvalue weighted by Crippen LogP contribution is -2.72. The van der Waals surface area contributed by atoms with Gasteiger partial charge in [-0.3, -0.25) is 9.59 Å². The molecule has 6 heteroatoms. The summed E-state index contributed by atoms with van der Waals surface area (Å²) in [5.74, 6) is 1.01. The summed E-state index contributed by atoms with van der Waals surface area (Å²) in [4.78, 5) is 33.6. The van der Waals surface area contributed by atoms with Crippen LogP contribution in [-0.4, -0.2) is 54.5 Å². The summed E-state index contributed by atoms with van der Waals surface area (Å²) in [6.07, 6.45) is 8.48. The molecule has 2 aromatic rings. The minimum Gasteiger partial charge on any atom is -0.468 e. The maximum Gasteiger partial charge on any atom is 0.258 e. The van der Waals surface area contributed by atoms with E-state index in [9.17, 15) is 9.59 Å². The molecular weight excluding hydrogens is 474 g/mol. The van der Waals surface area contributed by atoms with Crippen LogP contribution in [0.3, 0.4) is 0 Å². The minimum absolute atomic E-state index is 0.00766. The first-order chi connectivity index (χ1) is 18.2. The van der Waals surface area contributed by atoms with Crippen molar-refractivity contribution in [3.05, 3.63) is 76.4 Å². The van der Waals surface area contributed by atoms with Gasteiger partial charge in [-0.1, -0.05) is 58.0 Å². The number of hydrogen-bond donors (Lipinski definition) is 2. The maximum absolute atomic E-state index is 13.9. The predicted octanol–water partition coefficient (Wildman–Crippen LogP) is 4.06. The molecule has 1 fully saturated rings. The monoisotopic (exact) mass is 510 g/mol. The molecule has 4 aliphatic rings. The number of ketones is 2. The molecule has 6 nitrogen and oxygen atoms in total. The van der Waals surface area contributed by atoms with E-state index in [1.165, 1.54) is 18.4 Å². The fourth-order valence-electron chi connectivity index (χ4n) is 6.04. The van der Waals surface area contributed by atoms with Crippen LogP contribution in [0.1, 0.15) is 72.4 Å². The van der Waals surface area contributed by atoms with Crippen molar-refractivity contribution < 1.29 is 19.3 Å². The molecule has 38 heavy (non-hydrogen) atoms. The molecule has 2 aliphatic heterocycles. The summed E-state index contributed by atoms with van der Waals surface area (Å²) in [7, 11) is 0. The van der Waals surface area contributed by atoms with Crippen LogP contribution in [-0.2, 0) is 0 Å². The van der Waals surface area contributed by atoms with E-state index in [0.717, 1.165) is 25.3 Å². The Morgan fingerprint density at radius 1 is 1.08 bits per heavy atom. The van der Waals surface area contributed by atoms with Crippen LogP contribution in [0.5, 0.6) is 5.75 Å². The second kappa shape index (κ2) is 9.35. The predicted molar refractivity (Wildman–Crippen MR) is 150 cm³/mol. The second-order valence-corrected chi connectivity index (χ2v) is 12.1. The number of rotatable bonds is 4. The summed E-state index contributed by atoms with van der Waals surface area (Å²) in [5.41, 5.74) is 5.01. The first-order valence-electron chi connectivity index (χ1n) is 13.8. The third-order valence-electron chi connectivity index (χ3n) is 8.12. The number of nitrogens with zero attached hydrogens (tertiary/aromatic N) is 1. The maximum atomic E-state index is 13.9. The van der Waals surface area contributed by atoms with Crippen LogP contribution in [0.25, 0.3) is 0 Å². The lowest BCUT2D eigenvalue weighted by molar-refractivity contribution is -0.362. The van der Waals surface area contributed by atoms with Gasteiger partial charge in [-0.2, -0.15) is 0 Å². The zero-order chi connectivity index (χ0) is 26.6. The zero-order valence-corrected chi connectivity index (χ0v) is 22.7. The van der Waals surface area contributed by atoms with E-state index in [2.05, 4.69) is 55.1 Å². The Hall–Kier alpha value is -3.51. The molecule has 2 aromatic carbocycles. The van der Waals surface area contributed by atoms with Gasteiger partial charge < -0.3 is 15.0 Å². The van der Waals surface area contributed by atoms with Gasteiger partial charge in [-0.25, -0.2) is 4.99 Å². The third-order valence-corrected chi connectivity index (χ3v) is 8.12. The number of anilines is 1. The first-order valence-corrected chi connectivity index (χ1v) is 13.8. The van der Waals surface area contributed by atoms with Crippen LogP contribution in [0.2, 0.25) is 0 Å². The molecule has 0 bridgehead atoms. The van der Waals surface area contributed by atoms with Gasteiger partial charge in [-0.15, -0.1) is 0 Å².